The molecule has 0 atom stereocenters. The predicted molar refractivity (Wildman–Crippen MR) is 105 cm³/mol. The summed E-state index contributed by atoms with van der Waals surface area (Å²) in [5.41, 5.74) is 3.30. The molecule has 0 saturated heterocycles. The number of fused-ring (bicyclic) bond motifs is 1. The van der Waals surface area contributed by atoms with Crippen LogP contribution in [0.25, 0.3) is 16.9 Å². The van der Waals surface area contributed by atoms with E-state index in [1.165, 1.54) is 25.5 Å². The van der Waals surface area contributed by atoms with E-state index in [2.05, 4.69) is 35.3 Å². The monoisotopic (exact) mass is 388 g/mol. The highest BCUT2D eigenvalue weighted by atomic mass is 16.1. The number of aromatic amines is 1. The average Bonchev–Trinajstić information content (AvgIpc) is 3.52. The first-order valence-corrected chi connectivity index (χ1v) is 9.70. The molecule has 1 aromatic carbocycles. The van der Waals surface area contributed by atoms with Crippen molar-refractivity contribution in [3.8, 4) is 5.69 Å². The summed E-state index contributed by atoms with van der Waals surface area (Å²) in [6.07, 6.45) is 9.19. The molecule has 2 N–H and O–H groups in total. The minimum Gasteiger partial charge on any atom is -0.347 e. The number of H-pyrrole nitrogens is 1. The zero-order valence-corrected chi connectivity index (χ0v) is 15.7. The van der Waals surface area contributed by atoms with Crippen LogP contribution < -0.4 is 5.32 Å². The van der Waals surface area contributed by atoms with Gasteiger partial charge in [0.25, 0.3) is 5.91 Å². The van der Waals surface area contributed by atoms with E-state index in [1.807, 2.05) is 24.3 Å². The smallest absolute Gasteiger partial charge is 0.272 e. The second kappa shape index (κ2) is 7.42. The molecule has 1 aliphatic carbocycles. The van der Waals surface area contributed by atoms with Gasteiger partial charge in [-0.25, -0.2) is 24.6 Å². The third-order valence-electron chi connectivity index (χ3n) is 5.31. The van der Waals surface area contributed by atoms with E-state index < -0.39 is 0 Å². The van der Waals surface area contributed by atoms with Crippen LogP contribution in [0.5, 0.6) is 0 Å². The topological polar surface area (TPSA) is 114 Å². The van der Waals surface area contributed by atoms with Crippen LogP contribution in [0.1, 0.15) is 53.5 Å². The Hall–Kier alpha value is -3.62. The van der Waals surface area contributed by atoms with Gasteiger partial charge in [0.2, 0.25) is 0 Å². The van der Waals surface area contributed by atoms with E-state index in [0.29, 0.717) is 29.3 Å². The lowest BCUT2D eigenvalue weighted by Crippen LogP contribution is -2.24. The van der Waals surface area contributed by atoms with Crippen LogP contribution in [-0.2, 0) is 6.54 Å². The lowest BCUT2D eigenvalue weighted by molar-refractivity contribution is 0.0947. The van der Waals surface area contributed by atoms with Gasteiger partial charge in [-0.15, -0.1) is 0 Å². The third kappa shape index (κ3) is 3.46. The first kappa shape index (κ1) is 17.5. The molecule has 3 heterocycles. The van der Waals surface area contributed by atoms with Crippen molar-refractivity contribution in [3.63, 3.8) is 0 Å². The summed E-state index contributed by atoms with van der Waals surface area (Å²) in [7, 11) is 0. The highest BCUT2D eigenvalue weighted by Crippen LogP contribution is 2.33. The molecule has 1 fully saturated rings. The fraction of sp³-hybridized carbons (Fsp3) is 0.300. The Morgan fingerprint density at radius 1 is 1.21 bits per heavy atom. The Balaban J connectivity index is 1.34. The molecule has 0 bridgehead atoms. The molecule has 9 nitrogen and oxygen atoms in total. The van der Waals surface area contributed by atoms with Crippen molar-refractivity contribution in [2.45, 2.75) is 38.1 Å². The van der Waals surface area contributed by atoms with Gasteiger partial charge < -0.3 is 10.3 Å². The fourth-order valence-electron chi connectivity index (χ4n) is 3.83. The number of nitrogens with zero attached hydrogens (tertiary/aromatic N) is 6. The summed E-state index contributed by atoms with van der Waals surface area (Å²) in [4.78, 5) is 33.1. The molecule has 4 aromatic rings. The summed E-state index contributed by atoms with van der Waals surface area (Å²) < 4.78 is 1.68. The predicted octanol–water partition coefficient (Wildman–Crippen LogP) is 2.52. The summed E-state index contributed by atoms with van der Waals surface area (Å²) in [5, 5.41) is 7.07. The third-order valence-corrected chi connectivity index (χ3v) is 5.31. The van der Waals surface area contributed by atoms with Crippen LogP contribution in [0.2, 0.25) is 0 Å². The highest BCUT2D eigenvalue weighted by Gasteiger charge is 2.23. The maximum Gasteiger partial charge on any atom is 0.272 e. The van der Waals surface area contributed by atoms with Crippen molar-refractivity contribution >= 4 is 17.1 Å². The Kier molecular flexibility index (Phi) is 4.47. The minimum absolute atomic E-state index is 0.259. The largest absolute Gasteiger partial charge is 0.347 e. The minimum atomic E-state index is -0.259. The second-order valence-corrected chi connectivity index (χ2v) is 7.22. The number of rotatable bonds is 5. The SMILES string of the molecule is O=C(NCc1cccc(-n2cncn2)c1)c1ncnc2nc(C3CCCC3)[nH]c12. The number of aromatic nitrogens is 7. The quantitative estimate of drug-likeness (QED) is 0.543. The van der Waals surface area contributed by atoms with Gasteiger partial charge in [0.15, 0.2) is 11.3 Å². The van der Waals surface area contributed by atoms with Crippen molar-refractivity contribution < 1.29 is 4.79 Å². The number of benzene rings is 1. The van der Waals surface area contributed by atoms with Gasteiger partial charge in [-0.05, 0) is 30.5 Å². The van der Waals surface area contributed by atoms with Crippen LogP contribution in [0.4, 0.5) is 0 Å². The van der Waals surface area contributed by atoms with Gasteiger partial charge >= 0.3 is 0 Å². The van der Waals surface area contributed by atoms with E-state index in [0.717, 1.165) is 29.9 Å². The van der Waals surface area contributed by atoms with Crippen LogP contribution in [-0.4, -0.2) is 40.6 Å². The highest BCUT2D eigenvalue weighted by molar-refractivity contribution is 6.02. The number of carbonyl (C=O) groups excluding carboxylic acids is 1. The Bertz CT molecular complexity index is 1140. The molecule has 146 valence electrons. The lowest BCUT2D eigenvalue weighted by Gasteiger charge is -2.07. The molecule has 9 heteroatoms. The normalized spacial score (nSPS) is 14.5. The fourth-order valence-corrected chi connectivity index (χ4v) is 3.83. The molecule has 3 aromatic heterocycles. The molecule has 5 rings (SSSR count). The summed E-state index contributed by atoms with van der Waals surface area (Å²) in [5.74, 6) is 1.07. The first-order chi connectivity index (χ1) is 14.3. The summed E-state index contributed by atoms with van der Waals surface area (Å²) in [6, 6.07) is 7.76. The molecular weight excluding hydrogens is 368 g/mol. The zero-order valence-electron chi connectivity index (χ0n) is 15.7. The van der Waals surface area contributed by atoms with Gasteiger partial charge in [0.05, 0.1) is 5.69 Å². The summed E-state index contributed by atoms with van der Waals surface area (Å²) >= 11 is 0. The average molecular weight is 388 g/mol. The van der Waals surface area contributed by atoms with Gasteiger partial charge in [-0.1, -0.05) is 25.0 Å². The van der Waals surface area contributed by atoms with Crippen molar-refractivity contribution in [2.24, 2.45) is 0 Å². The van der Waals surface area contributed by atoms with E-state index in [4.69, 9.17) is 0 Å². The molecule has 1 aliphatic rings. The van der Waals surface area contributed by atoms with Gasteiger partial charge in [0, 0.05) is 12.5 Å². The Labute approximate surface area is 166 Å². The zero-order chi connectivity index (χ0) is 19.6. The van der Waals surface area contributed by atoms with Crippen LogP contribution in [0.15, 0.2) is 43.2 Å². The van der Waals surface area contributed by atoms with Gasteiger partial charge in [0.1, 0.15) is 30.3 Å². The van der Waals surface area contributed by atoms with E-state index in [1.54, 1.807) is 11.0 Å². The van der Waals surface area contributed by atoms with E-state index in [9.17, 15) is 4.79 Å². The standard InChI is InChI=1S/C20H20N8O/c29-20(22-9-13-4-3-7-15(8-13)28-12-21-10-25-28)17-16-19(24-11-23-17)27-18(26-16)14-5-1-2-6-14/h3-4,7-8,10-12,14H,1-2,5-6,9H2,(H,22,29)(H,23,24,26,27). The van der Waals surface area contributed by atoms with Crippen molar-refractivity contribution in [1.29, 1.82) is 0 Å². The first-order valence-electron chi connectivity index (χ1n) is 9.70. The second-order valence-electron chi connectivity index (χ2n) is 7.22. The number of nitrogens with one attached hydrogen (secondary N) is 2. The van der Waals surface area contributed by atoms with Gasteiger partial charge in [-0.2, -0.15) is 5.10 Å². The number of amides is 1. The maximum absolute atomic E-state index is 12.8. The number of imidazole rings is 1. The molecule has 0 spiro atoms. The molecule has 29 heavy (non-hydrogen) atoms. The molecule has 1 amide bonds. The van der Waals surface area contributed by atoms with Crippen molar-refractivity contribution in [3.05, 3.63) is 60.3 Å². The van der Waals surface area contributed by atoms with E-state index >= 15 is 0 Å². The number of hydrogen-bond donors (Lipinski definition) is 2. The van der Waals surface area contributed by atoms with E-state index in [-0.39, 0.29) is 5.91 Å². The van der Waals surface area contributed by atoms with Crippen molar-refractivity contribution in [2.75, 3.05) is 0 Å². The van der Waals surface area contributed by atoms with Crippen LogP contribution >= 0.6 is 0 Å². The van der Waals surface area contributed by atoms with Gasteiger partial charge in [-0.3, -0.25) is 4.79 Å². The Morgan fingerprint density at radius 3 is 2.93 bits per heavy atom. The molecular formula is C20H20N8O. The van der Waals surface area contributed by atoms with Crippen LogP contribution in [0.3, 0.4) is 0 Å². The molecule has 1 saturated carbocycles. The van der Waals surface area contributed by atoms with Crippen molar-refractivity contribution in [1.82, 2.24) is 40.0 Å². The number of carbonyl (C=O) groups is 1. The summed E-state index contributed by atoms with van der Waals surface area (Å²) in [6.45, 7) is 0.372. The Morgan fingerprint density at radius 2 is 2.10 bits per heavy atom. The van der Waals surface area contributed by atoms with Crippen LogP contribution in [0, 0.1) is 0 Å². The molecule has 0 aliphatic heterocycles. The molecule has 0 unspecified atom stereocenters. The lowest BCUT2D eigenvalue weighted by atomic mass is 10.1. The maximum atomic E-state index is 12.8. The molecule has 0 radical (unpaired) electrons. The number of hydrogen-bond acceptors (Lipinski definition) is 6.